The summed E-state index contributed by atoms with van der Waals surface area (Å²) in [5.74, 6) is 2.06. The Balaban J connectivity index is 1.54. The first-order valence-electron chi connectivity index (χ1n) is 8.80. The molecule has 0 atom stereocenters. The maximum absolute atomic E-state index is 5.52. The van der Waals surface area contributed by atoms with Crippen LogP contribution in [0, 0.1) is 0 Å². The van der Waals surface area contributed by atoms with Crippen molar-refractivity contribution in [1.29, 1.82) is 0 Å². The van der Waals surface area contributed by atoms with E-state index >= 15 is 0 Å². The quantitative estimate of drug-likeness (QED) is 0.538. The lowest BCUT2D eigenvalue weighted by atomic mass is 10.0. The molecule has 3 aromatic heterocycles. The van der Waals surface area contributed by atoms with E-state index in [1.54, 1.807) is 17.5 Å². The third-order valence-electron chi connectivity index (χ3n) is 4.41. The minimum atomic E-state index is 0.246. The molecule has 0 spiro atoms. The fourth-order valence-electron chi connectivity index (χ4n) is 3.04. The standard InChI is InChI=1S/C21H16N4O2S/c1-3-15(10-22-7-1)20-17(14-5-6-18-19(9-14)27-13-26-18)12-24-21(25-20)23-11-16-4-2-8-28-16/h1-10,12H,11,13H2,(H,23,24,25). The summed E-state index contributed by atoms with van der Waals surface area (Å²) in [5, 5.41) is 5.36. The first-order valence-corrected chi connectivity index (χ1v) is 9.68. The molecule has 0 fully saturated rings. The second kappa shape index (κ2) is 7.28. The van der Waals surface area contributed by atoms with Gasteiger partial charge in [-0.3, -0.25) is 4.98 Å². The smallest absolute Gasteiger partial charge is 0.231 e. The van der Waals surface area contributed by atoms with E-state index in [1.807, 2.05) is 48.8 Å². The van der Waals surface area contributed by atoms with Crippen molar-refractivity contribution in [1.82, 2.24) is 15.0 Å². The fraction of sp³-hybridized carbons (Fsp3) is 0.0952. The van der Waals surface area contributed by atoms with Crippen LogP contribution in [-0.2, 0) is 6.54 Å². The van der Waals surface area contributed by atoms with E-state index < -0.39 is 0 Å². The molecule has 5 rings (SSSR count). The van der Waals surface area contributed by atoms with Gasteiger partial charge >= 0.3 is 0 Å². The van der Waals surface area contributed by atoms with Gasteiger partial charge in [0.05, 0.1) is 12.2 Å². The molecule has 0 saturated carbocycles. The third-order valence-corrected chi connectivity index (χ3v) is 5.28. The number of hydrogen-bond acceptors (Lipinski definition) is 7. The highest BCUT2D eigenvalue weighted by molar-refractivity contribution is 7.09. The number of nitrogens with one attached hydrogen (secondary N) is 1. The number of anilines is 1. The Morgan fingerprint density at radius 3 is 2.82 bits per heavy atom. The van der Waals surface area contributed by atoms with E-state index in [9.17, 15) is 0 Å². The predicted molar refractivity (Wildman–Crippen MR) is 108 cm³/mol. The van der Waals surface area contributed by atoms with Crippen molar-refractivity contribution >= 4 is 17.3 Å². The van der Waals surface area contributed by atoms with Crippen molar-refractivity contribution in [2.45, 2.75) is 6.54 Å². The molecule has 0 saturated heterocycles. The van der Waals surface area contributed by atoms with Gasteiger partial charge in [0.1, 0.15) is 0 Å². The van der Waals surface area contributed by atoms with Crippen molar-refractivity contribution in [2.75, 3.05) is 12.1 Å². The highest BCUT2D eigenvalue weighted by atomic mass is 32.1. The van der Waals surface area contributed by atoms with Crippen LogP contribution in [0.4, 0.5) is 5.95 Å². The highest BCUT2D eigenvalue weighted by Crippen LogP contribution is 2.38. The van der Waals surface area contributed by atoms with Crippen LogP contribution in [0.1, 0.15) is 4.88 Å². The predicted octanol–water partition coefficient (Wildman–Crippen LogP) is 4.61. The zero-order valence-corrected chi connectivity index (χ0v) is 15.6. The van der Waals surface area contributed by atoms with Crippen LogP contribution in [-0.4, -0.2) is 21.7 Å². The van der Waals surface area contributed by atoms with Crippen LogP contribution in [0.5, 0.6) is 11.5 Å². The summed E-state index contributed by atoms with van der Waals surface area (Å²) in [5.41, 5.74) is 3.62. The third kappa shape index (κ3) is 3.27. The molecule has 4 aromatic rings. The molecule has 0 amide bonds. The summed E-state index contributed by atoms with van der Waals surface area (Å²) in [6, 6.07) is 13.9. The molecule has 0 bridgehead atoms. The molecule has 0 unspecified atom stereocenters. The van der Waals surface area contributed by atoms with Crippen molar-refractivity contribution in [3.63, 3.8) is 0 Å². The van der Waals surface area contributed by atoms with E-state index in [0.29, 0.717) is 12.5 Å². The molecule has 1 aromatic carbocycles. The van der Waals surface area contributed by atoms with Gasteiger partial charge < -0.3 is 14.8 Å². The Morgan fingerprint density at radius 1 is 1.00 bits per heavy atom. The molecule has 0 aliphatic carbocycles. The molecule has 0 radical (unpaired) electrons. The van der Waals surface area contributed by atoms with Crippen LogP contribution >= 0.6 is 11.3 Å². The number of fused-ring (bicyclic) bond motifs is 1. The SMILES string of the molecule is c1cncc(-c2nc(NCc3cccs3)ncc2-c2ccc3c(c2)OCO3)c1. The molecular formula is C21H16N4O2S. The van der Waals surface area contributed by atoms with Gasteiger partial charge in [-0.05, 0) is 41.3 Å². The average molecular weight is 388 g/mol. The molecule has 1 aliphatic heterocycles. The lowest BCUT2D eigenvalue weighted by molar-refractivity contribution is 0.174. The molecule has 28 heavy (non-hydrogen) atoms. The summed E-state index contributed by atoms with van der Waals surface area (Å²) in [4.78, 5) is 14.8. The van der Waals surface area contributed by atoms with Crippen LogP contribution in [0.25, 0.3) is 22.4 Å². The summed E-state index contributed by atoms with van der Waals surface area (Å²) < 4.78 is 10.9. The Hall–Kier alpha value is -3.45. The average Bonchev–Trinajstić information content (AvgIpc) is 3.44. The molecule has 1 aliphatic rings. The monoisotopic (exact) mass is 388 g/mol. The fourth-order valence-corrected chi connectivity index (χ4v) is 3.69. The van der Waals surface area contributed by atoms with Gasteiger partial charge in [0, 0.05) is 34.6 Å². The summed E-state index contributed by atoms with van der Waals surface area (Å²) in [7, 11) is 0. The minimum absolute atomic E-state index is 0.246. The van der Waals surface area contributed by atoms with E-state index in [-0.39, 0.29) is 6.79 Å². The van der Waals surface area contributed by atoms with Crippen LogP contribution in [0.2, 0.25) is 0 Å². The number of aromatic nitrogens is 3. The normalized spacial score (nSPS) is 12.1. The number of hydrogen-bond donors (Lipinski definition) is 1. The van der Waals surface area contributed by atoms with E-state index in [1.165, 1.54) is 4.88 Å². The minimum Gasteiger partial charge on any atom is -0.454 e. The van der Waals surface area contributed by atoms with Crippen molar-refractivity contribution in [2.24, 2.45) is 0 Å². The Kier molecular flexibility index (Phi) is 4.34. The van der Waals surface area contributed by atoms with Gasteiger partial charge in [-0.15, -0.1) is 11.3 Å². The first-order chi connectivity index (χ1) is 13.9. The number of benzene rings is 1. The number of thiophene rings is 1. The molecule has 1 N–H and O–H groups in total. The van der Waals surface area contributed by atoms with E-state index in [4.69, 9.17) is 14.5 Å². The van der Waals surface area contributed by atoms with Gasteiger partial charge in [-0.25, -0.2) is 9.97 Å². The lowest BCUT2D eigenvalue weighted by Crippen LogP contribution is -2.04. The van der Waals surface area contributed by atoms with Crippen molar-refractivity contribution in [3.8, 4) is 33.9 Å². The number of rotatable bonds is 5. The van der Waals surface area contributed by atoms with Crippen LogP contribution < -0.4 is 14.8 Å². The molecule has 4 heterocycles. The molecule has 138 valence electrons. The Morgan fingerprint density at radius 2 is 1.96 bits per heavy atom. The molecular weight excluding hydrogens is 372 g/mol. The first kappa shape index (κ1) is 16.7. The summed E-state index contributed by atoms with van der Waals surface area (Å²) in [6.45, 7) is 0.934. The lowest BCUT2D eigenvalue weighted by Gasteiger charge is -2.12. The van der Waals surface area contributed by atoms with Gasteiger partial charge in [0.2, 0.25) is 12.7 Å². The van der Waals surface area contributed by atoms with Gasteiger partial charge in [0.25, 0.3) is 0 Å². The van der Waals surface area contributed by atoms with E-state index in [0.717, 1.165) is 33.9 Å². The van der Waals surface area contributed by atoms with Gasteiger partial charge in [-0.2, -0.15) is 0 Å². The summed E-state index contributed by atoms with van der Waals surface area (Å²) in [6.07, 6.45) is 5.40. The topological polar surface area (TPSA) is 69.2 Å². The number of ether oxygens (including phenoxy) is 2. The Labute approximate surface area is 165 Å². The maximum Gasteiger partial charge on any atom is 0.231 e. The van der Waals surface area contributed by atoms with Crippen LogP contribution in [0.3, 0.4) is 0 Å². The van der Waals surface area contributed by atoms with Crippen molar-refractivity contribution in [3.05, 3.63) is 71.3 Å². The highest BCUT2D eigenvalue weighted by Gasteiger charge is 2.17. The number of nitrogens with zero attached hydrogens (tertiary/aromatic N) is 3. The number of pyridine rings is 1. The molecule has 6 nitrogen and oxygen atoms in total. The summed E-state index contributed by atoms with van der Waals surface area (Å²) >= 11 is 1.70. The zero-order chi connectivity index (χ0) is 18.8. The van der Waals surface area contributed by atoms with Crippen LogP contribution in [0.15, 0.2) is 66.4 Å². The Bertz CT molecular complexity index is 1100. The van der Waals surface area contributed by atoms with E-state index in [2.05, 4.69) is 26.7 Å². The largest absolute Gasteiger partial charge is 0.454 e. The van der Waals surface area contributed by atoms with Gasteiger partial charge in [0.15, 0.2) is 11.5 Å². The van der Waals surface area contributed by atoms with Crippen molar-refractivity contribution < 1.29 is 9.47 Å². The second-order valence-electron chi connectivity index (χ2n) is 6.20. The molecule has 7 heteroatoms. The van der Waals surface area contributed by atoms with Gasteiger partial charge in [-0.1, -0.05) is 12.1 Å². The maximum atomic E-state index is 5.52. The second-order valence-corrected chi connectivity index (χ2v) is 7.23. The zero-order valence-electron chi connectivity index (χ0n) is 14.8.